The van der Waals surface area contributed by atoms with Gasteiger partial charge in [-0.1, -0.05) is 41.9 Å². The maximum atomic E-state index is 12.9. The minimum atomic E-state index is -3.86. The van der Waals surface area contributed by atoms with Gasteiger partial charge in [0, 0.05) is 19.2 Å². The fourth-order valence-corrected chi connectivity index (χ4v) is 4.34. The van der Waals surface area contributed by atoms with Crippen LogP contribution in [0.15, 0.2) is 59.5 Å². The van der Waals surface area contributed by atoms with Crippen LogP contribution in [-0.2, 0) is 14.8 Å². The Kier molecular flexibility index (Phi) is 6.50. The van der Waals surface area contributed by atoms with Crippen LogP contribution in [0.1, 0.15) is 0 Å². The Bertz CT molecular complexity index is 1200. The number of fused-ring (bicyclic) bond motifs is 1. The molecule has 0 saturated carbocycles. The summed E-state index contributed by atoms with van der Waals surface area (Å²) in [7, 11) is 0.376. The van der Waals surface area contributed by atoms with Gasteiger partial charge >= 0.3 is 0 Å². The average molecular weight is 449 g/mol. The first-order valence-electron chi connectivity index (χ1n) is 8.92. The Morgan fingerprint density at radius 1 is 1.00 bits per heavy atom. The van der Waals surface area contributed by atoms with Crippen LogP contribution in [0.5, 0.6) is 11.5 Å². The number of anilines is 1. The van der Waals surface area contributed by atoms with Gasteiger partial charge in [-0.25, -0.2) is 8.42 Å². The minimum absolute atomic E-state index is 0.113. The van der Waals surface area contributed by atoms with E-state index in [1.54, 1.807) is 12.1 Å². The summed E-state index contributed by atoms with van der Waals surface area (Å²) in [4.78, 5) is 12.6. The van der Waals surface area contributed by atoms with Crippen LogP contribution in [0.25, 0.3) is 10.8 Å². The van der Waals surface area contributed by atoms with E-state index >= 15 is 0 Å². The normalized spacial score (nSPS) is 11.5. The maximum Gasteiger partial charge on any atom is 0.243 e. The predicted octanol–water partition coefficient (Wildman–Crippen LogP) is 3.77. The van der Waals surface area contributed by atoms with Gasteiger partial charge < -0.3 is 14.8 Å². The van der Waals surface area contributed by atoms with Gasteiger partial charge in [-0.05, 0) is 22.9 Å². The van der Waals surface area contributed by atoms with Crippen molar-refractivity contribution in [1.29, 1.82) is 0 Å². The minimum Gasteiger partial charge on any atom is -0.495 e. The second-order valence-corrected chi connectivity index (χ2v) is 8.96. The first kappa shape index (κ1) is 21.9. The van der Waals surface area contributed by atoms with E-state index in [0.717, 1.165) is 15.1 Å². The summed E-state index contributed by atoms with van der Waals surface area (Å²) < 4.78 is 37.2. The van der Waals surface area contributed by atoms with E-state index in [1.807, 2.05) is 24.3 Å². The van der Waals surface area contributed by atoms with Crippen molar-refractivity contribution in [2.45, 2.75) is 4.90 Å². The van der Waals surface area contributed by atoms with E-state index in [-0.39, 0.29) is 11.4 Å². The number of likely N-dealkylation sites (N-methyl/N-ethyl adjacent to an activating group) is 1. The van der Waals surface area contributed by atoms with Gasteiger partial charge in [0.05, 0.1) is 36.4 Å². The fourth-order valence-electron chi connectivity index (χ4n) is 2.94. The lowest BCUT2D eigenvalue weighted by atomic mass is 10.1. The van der Waals surface area contributed by atoms with Gasteiger partial charge in [-0.15, -0.1) is 0 Å². The summed E-state index contributed by atoms with van der Waals surface area (Å²) >= 11 is 6.07. The molecule has 30 heavy (non-hydrogen) atoms. The molecule has 0 atom stereocenters. The van der Waals surface area contributed by atoms with Gasteiger partial charge in [0.1, 0.15) is 11.5 Å². The Labute approximate surface area is 180 Å². The number of sulfonamides is 1. The number of ether oxygens (including phenoxy) is 2. The molecule has 0 aliphatic heterocycles. The van der Waals surface area contributed by atoms with Crippen molar-refractivity contribution in [3.8, 4) is 11.5 Å². The number of nitrogens with zero attached hydrogens (tertiary/aromatic N) is 1. The van der Waals surface area contributed by atoms with E-state index in [1.165, 1.54) is 39.5 Å². The summed E-state index contributed by atoms with van der Waals surface area (Å²) in [5, 5.41) is 4.69. The molecule has 1 amide bonds. The van der Waals surface area contributed by atoms with E-state index in [4.69, 9.17) is 21.1 Å². The van der Waals surface area contributed by atoms with Crippen molar-refractivity contribution in [2.75, 3.05) is 33.1 Å². The Morgan fingerprint density at radius 2 is 1.67 bits per heavy atom. The predicted molar refractivity (Wildman–Crippen MR) is 117 cm³/mol. The number of nitrogens with one attached hydrogen (secondary N) is 1. The van der Waals surface area contributed by atoms with Crippen molar-refractivity contribution in [3.05, 3.63) is 59.6 Å². The number of hydrogen-bond donors (Lipinski definition) is 1. The maximum absolute atomic E-state index is 12.9. The van der Waals surface area contributed by atoms with E-state index in [9.17, 15) is 13.2 Å². The molecule has 3 aromatic rings. The van der Waals surface area contributed by atoms with E-state index in [2.05, 4.69) is 5.32 Å². The third-order valence-electron chi connectivity index (χ3n) is 4.54. The van der Waals surface area contributed by atoms with Crippen LogP contribution in [0, 0.1) is 0 Å². The van der Waals surface area contributed by atoms with Crippen LogP contribution in [0.2, 0.25) is 5.02 Å². The highest BCUT2D eigenvalue weighted by Gasteiger charge is 2.24. The third-order valence-corrected chi connectivity index (χ3v) is 6.64. The van der Waals surface area contributed by atoms with Crippen LogP contribution >= 0.6 is 11.6 Å². The second-order valence-electron chi connectivity index (χ2n) is 6.51. The smallest absolute Gasteiger partial charge is 0.243 e. The lowest BCUT2D eigenvalue weighted by Gasteiger charge is -2.18. The molecular formula is C21H21ClN2O5S. The van der Waals surface area contributed by atoms with Crippen LogP contribution in [0.4, 0.5) is 5.69 Å². The fraction of sp³-hybridized carbons (Fsp3) is 0.190. The quantitative estimate of drug-likeness (QED) is 0.594. The van der Waals surface area contributed by atoms with Crippen molar-refractivity contribution in [2.24, 2.45) is 0 Å². The van der Waals surface area contributed by atoms with E-state index in [0.29, 0.717) is 22.2 Å². The van der Waals surface area contributed by atoms with Gasteiger partial charge in [0.2, 0.25) is 15.9 Å². The number of halogens is 1. The van der Waals surface area contributed by atoms with Crippen LogP contribution < -0.4 is 14.8 Å². The molecule has 0 aliphatic carbocycles. The Balaban J connectivity index is 1.79. The van der Waals surface area contributed by atoms with Gasteiger partial charge in [0.15, 0.2) is 0 Å². The highest BCUT2D eigenvalue weighted by Crippen LogP contribution is 2.35. The zero-order valence-electron chi connectivity index (χ0n) is 16.7. The molecule has 0 aromatic heterocycles. The standard InChI is InChI=1S/C21H21ClN2O5S/c1-24(30(26,27)16-9-8-14-6-4-5-7-15(14)10-16)13-21(25)23-18-12-19(28-2)17(22)11-20(18)29-3/h4-12H,13H2,1-3H3,(H,23,25). The molecule has 3 rings (SSSR count). The summed E-state index contributed by atoms with van der Waals surface area (Å²) in [6, 6.07) is 15.3. The van der Waals surface area contributed by atoms with Crippen LogP contribution in [-0.4, -0.2) is 46.4 Å². The number of benzene rings is 3. The number of carbonyl (C=O) groups is 1. The molecule has 0 saturated heterocycles. The molecule has 0 bridgehead atoms. The van der Waals surface area contributed by atoms with Crippen molar-refractivity contribution in [1.82, 2.24) is 4.31 Å². The van der Waals surface area contributed by atoms with Crippen molar-refractivity contribution < 1.29 is 22.7 Å². The van der Waals surface area contributed by atoms with Gasteiger partial charge in [0.25, 0.3) is 0 Å². The molecule has 0 spiro atoms. The highest BCUT2D eigenvalue weighted by atomic mass is 35.5. The van der Waals surface area contributed by atoms with E-state index < -0.39 is 15.9 Å². The zero-order chi connectivity index (χ0) is 21.9. The number of methoxy groups -OCH3 is 2. The molecule has 3 aromatic carbocycles. The monoisotopic (exact) mass is 448 g/mol. The first-order chi connectivity index (χ1) is 14.3. The molecule has 0 unspecified atom stereocenters. The molecule has 158 valence electrons. The largest absolute Gasteiger partial charge is 0.495 e. The lowest BCUT2D eigenvalue weighted by Crippen LogP contribution is -2.35. The average Bonchev–Trinajstić information content (AvgIpc) is 2.74. The summed E-state index contributed by atoms with van der Waals surface area (Å²) in [5.74, 6) is 0.142. The molecule has 0 fully saturated rings. The zero-order valence-corrected chi connectivity index (χ0v) is 18.3. The third kappa shape index (κ3) is 4.51. The number of rotatable bonds is 7. The first-order valence-corrected chi connectivity index (χ1v) is 10.7. The van der Waals surface area contributed by atoms with Crippen molar-refractivity contribution in [3.63, 3.8) is 0 Å². The highest BCUT2D eigenvalue weighted by molar-refractivity contribution is 7.89. The number of carbonyl (C=O) groups excluding carboxylic acids is 1. The van der Waals surface area contributed by atoms with Gasteiger partial charge in [-0.3, -0.25) is 4.79 Å². The summed E-state index contributed by atoms with van der Waals surface area (Å²) in [6.07, 6.45) is 0. The molecule has 0 radical (unpaired) electrons. The molecule has 1 N–H and O–H groups in total. The SMILES string of the molecule is COc1cc(NC(=O)CN(C)S(=O)(=O)c2ccc3ccccc3c2)c(OC)cc1Cl. The molecular weight excluding hydrogens is 428 g/mol. The van der Waals surface area contributed by atoms with Gasteiger partial charge in [-0.2, -0.15) is 4.31 Å². The summed E-state index contributed by atoms with van der Waals surface area (Å²) in [5.41, 5.74) is 0.320. The summed E-state index contributed by atoms with van der Waals surface area (Å²) in [6.45, 7) is -0.386. The second kappa shape index (κ2) is 8.91. The molecule has 0 aliphatic rings. The molecule has 0 heterocycles. The molecule has 9 heteroatoms. The Morgan fingerprint density at radius 3 is 2.33 bits per heavy atom. The van der Waals surface area contributed by atoms with Crippen LogP contribution in [0.3, 0.4) is 0 Å². The molecule has 7 nitrogen and oxygen atoms in total. The van der Waals surface area contributed by atoms with Crippen molar-refractivity contribution >= 4 is 44.0 Å². The lowest BCUT2D eigenvalue weighted by molar-refractivity contribution is -0.116. The Hall–Kier alpha value is -2.81. The number of hydrogen-bond acceptors (Lipinski definition) is 5. The number of amides is 1. The topological polar surface area (TPSA) is 84.9 Å².